The number of phenolic OH excluding ortho intramolecular Hbond substituents is 1. The summed E-state index contributed by atoms with van der Waals surface area (Å²) < 4.78 is 10.5. The number of hydrogen-bond acceptors (Lipinski definition) is 6. The van der Waals surface area contributed by atoms with Gasteiger partial charge in [0.1, 0.15) is 11.4 Å². The molecular weight excluding hydrogens is 372 g/mol. The molecule has 3 N–H and O–H groups in total. The average molecular weight is 394 g/mol. The van der Waals surface area contributed by atoms with Crippen LogP contribution in [0, 0.1) is 0 Å². The number of phenols is 1. The molecule has 0 aliphatic rings. The van der Waals surface area contributed by atoms with Crippen LogP contribution in [0.15, 0.2) is 53.6 Å². The molecule has 8 heteroatoms. The second-order valence-corrected chi connectivity index (χ2v) is 6.14. The molecule has 0 aliphatic heterocycles. The van der Waals surface area contributed by atoms with E-state index in [1.807, 2.05) is 13.0 Å². The van der Waals surface area contributed by atoms with Gasteiger partial charge >= 0.3 is 0 Å². The zero-order valence-corrected chi connectivity index (χ0v) is 16.4. The number of carbonyl (C=O) groups is 1. The molecule has 0 aliphatic carbocycles. The predicted molar refractivity (Wildman–Crippen MR) is 110 cm³/mol. The Morgan fingerprint density at radius 2 is 1.83 bits per heavy atom. The maximum absolute atomic E-state index is 12.4. The number of H-pyrrole nitrogens is 1. The van der Waals surface area contributed by atoms with E-state index >= 15 is 0 Å². The highest BCUT2D eigenvalue weighted by molar-refractivity contribution is 6.02. The van der Waals surface area contributed by atoms with Crippen LogP contribution in [-0.2, 0) is 0 Å². The Balaban J connectivity index is 1.76. The summed E-state index contributed by atoms with van der Waals surface area (Å²) in [5.74, 6) is 0.952. The molecule has 3 aromatic rings. The monoisotopic (exact) mass is 394 g/mol. The highest BCUT2D eigenvalue weighted by Crippen LogP contribution is 2.31. The van der Waals surface area contributed by atoms with Crippen molar-refractivity contribution in [2.24, 2.45) is 5.10 Å². The Bertz CT molecular complexity index is 1030. The fourth-order valence-corrected chi connectivity index (χ4v) is 2.76. The third-order valence-electron chi connectivity index (χ3n) is 4.33. The maximum atomic E-state index is 12.4. The maximum Gasteiger partial charge on any atom is 0.289 e. The number of nitrogens with one attached hydrogen (secondary N) is 2. The van der Waals surface area contributed by atoms with E-state index in [0.29, 0.717) is 29.3 Å². The molecule has 1 heterocycles. The van der Waals surface area contributed by atoms with E-state index < -0.39 is 5.91 Å². The van der Waals surface area contributed by atoms with E-state index in [1.54, 1.807) is 56.7 Å². The third kappa shape index (κ3) is 4.55. The molecule has 1 aromatic heterocycles. The molecule has 0 saturated heterocycles. The topological polar surface area (TPSA) is 109 Å². The lowest BCUT2D eigenvalue weighted by atomic mass is 10.1. The molecule has 0 radical (unpaired) electrons. The van der Waals surface area contributed by atoms with Crippen LogP contribution in [0.1, 0.15) is 29.4 Å². The fraction of sp³-hybridized carbons (Fsp3) is 0.190. The van der Waals surface area contributed by atoms with Crippen LogP contribution >= 0.6 is 0 Å². The van der Waals surface area contributed by atoms with Gasteiger partial charge in [-0.05, 0) is 60.5 Å². The van der Waals surface area contributed by atoms with Gasteiger partial charge in [-0.15, -0.1) is 0 Å². The van der Waals surface area contributed by atoms with Crippen molar-refractivity contribution in [3.05, 3.63) is 59.8 Å². The second-order valence-electron chi connectivity index (χ2n) is 6.14. The van der Waals surface area contributed by atoms with Crippen molar-refractivity contribution < 1.29 is 19.4 Å². The molecule has 150 valence electrons. The molecule has 2 aromatic carbocycles. The lowest BCUT2D eigenvalue weighted by Gasteiger charge is -2.08. The largest absolute Gasteiger partial charge is 0.508 e. The van der Waals surface area contributed by atoms with Crippen LogP contribution < -0.4 is 14.9 Å². The van der Waals surface area contributed by atoms with E-state index in [1.165, 1.54) is 0 Å². The first-order chi connectivity index (χ1) is 14.0. The van der Waals surface area contributed by atoms with Crippen molar-refractivity contribution in [3.63, 3.8) is 0 Å². The molecule has 29 heavy (non-hydrogen) atoms. The average Bonchev–Trinajstić information content (AvgIpc) is 3.25. The van der Waals surface area contributed by atoms with Crippen LogP contribution in [0.2, 0.25) is 0 Å². The zero-order valence-electron chi connectivity index (χ0n) is 16.4. The van der Waals surface area contributed by atoms with E-state index in [0.717, 1.165) is 11.1 Å². The summed E-state index contributed by atoms with van der Waals surface area (Å²) in [4.78, 5) is 12.4. The first kappa shape index (κ1) is 19.9. The van der Waals surface area contributed by atoms with Gasteiger partial charge < -0.3 is 14.6 Å². The number of hydrazone groups is 1. The van der Waals surface area contributed by atoms with Crippen molar-refractivity contribution >= 4 is 11.6 Å². The number of amides is 1. The number of rotatable bonds is 7. The number of aromatic nitrogens is 2. The van der Waals surface area contributed by atoms with E-state index in [9.17, 15) is 9.90 Å². The molecule has 0 bridgehead atoms. The molecule has 0 fully saturated rings. The molecule has 3 rings (SSSR count). The van der Waals surface area contributed by atoms with Crippen LogP contribution in [0.5, 0.6) is 17.2 Å². The van der Waals surface area contributed by atoms with Gasteiger partial charge in [0, 0.05) is 5.56 Å². The Hall–Kier alpha value is -3.81. The summed E-state index contributed by atoms with van der Waals surface area (Å²) in [6, 6.07) is 13.7. The molecule has 0 saturated carbocycles. The normalized spacial score (nSPS) is 11.2. The van der Waals surface area contributed by atoms with Gasteiger partial charge in [-0.25, -0.2) is 5.43 Å². The second kappa shape index (κ2) is 8.92. The minimum Gasteiger partial charge on any atom is -0.508 e. The highest BCUT2D eigenvalue weighted by Gasteiger charge is 2.13. The van der Waals surface area contributed by atoms with Crippen LogP contribution in [0.25, 0.3) is 11.3 Å². The number of carbonyl (C=O) groups excluding carboxylic acids is 1. The summed E-state index contributed by atoms with van der Waals surface area (Å²) in [6.45, 7) is 1.93. The van der Waals surface area contributed by atoms with Gasteiger partial charge in [0.25, 0.3) is 5.91 Å². The van der Waals surface area contributed by atoms with Crippen molar-refractivity contribution in [1.29, 1.82) is 0 Å². The van der Waals surface area contributed by atoms with E-state index in [-0.39, 0.29) is 11.4 Å². The molecular formula is C21H22N4O4. The number of methoxy groups -OCH3 is 2. The van der Waals surface area contributed by atoms with Crippen molar-refractivity contribution in [2.45, 2.75) is 13.3 Å². The number of aromatic hydroxyl groups is 1. The van der Waals surface area contributed by atoms with E-state index in [4.69, 9.17) is 9.47 Å². The smallest absolute Gasteiger partial charge is 0.289 e. The standard InChI is InChI=1S/C21H22N4O4/c1-4-16(13-5-8-15(26)9-6-13)22-25-21(27)18-12-17(23-24-18)14-7-10-19(28-2)20(11-14)29-3/h5-12,26H,4H2,1-3H3,(H,23,24)(H,25,27)/b22-16+. The molecule has 1 amide bonds. The number of aromatic amines is 1. The minimum absolute atomic E-state index is 0.174. The number of benzene rings is 2. The lowest BCUT2D eigenvalue weighted by Crippen LogP contribution is -2.20. The quantitative estimate of drug-likeness (QED) is 0.421. The molecule has 0 atom stereocenters. The number of ether oxygens (including phenoxy) is 2. The van der Waals surface area contributed by atoms with Crippen molar-refractivity contribution in [1.82, 2.24) is 15.6 Å². The zero-order chi connectivity index (χ0) is 20.8. The molecule has 8 nitrogen and oxygen atoms in total. The van der Waals surface area contributed by atoms with E-state index in [2.05, 4.69) is 20.7 Å². The summed E-state index contributed by atoms with van der Waals surface area (Å²) in [7, 11) is 3.13. The van der Waals surface area contributed by atoms with Crippen LogP contribution in [0.4, 0.5) is 0 Å². The first-order valence-corrected chi connectivity index (χ1v) is 8.99. The first-order valence-electron chi connectivity index (χ1n) is 8.99. The summed E-state index contributed by atoms with van der Waals surface area (Å²) in [6.07, 6.45) is 0.616. The van der Waals surface area contributed by atoms with Crippen LogP contribution in [-0.4, -0.2) is 41.1 Å². The van der Waals surface area contributed by atoms with Gasteiger partial charge in [0.05, 0.1) is 25.6 Å². The van der Waals surface area contributed by atoms with Crippen molar-refractivity contribution in [2.75, 3.05) is 14.2 Å². The Morgan fingerprint density at radius 3 is 2.48 bits per heavy atom. The van der Waals surface area contributed by atoms with Crippen molar-refractivity contribution in [3.8, 4) is 28.5 Å². The van der Waals surface area contributed by atoms with Gasteiger partial charge in [0.2, 0.25) is 0 Å². The summed E-state index contributed by atoms with van der Waals surface area (Å²) in [5, 5.41) is 20.5. The minimum atomic E-state index is -0.408. The third-order valence-corrected chi connectivity index (χ3v) is 4.33. The van der Waals surface area contributed by atoms with Crippen LogP contribution in [0.3, 0.4) is 0 Å². The number of hydrogen-bond donors (Lipinski definition) is 3. The predicted octanol–water partition coefficient (Wildman–Crippen LogP) is 3.34. The Kier molecular flexibility index (Phi) is 6.13. The lowest BCUT2D eigenvalue weighted by molar-refractivity contribution is 0.0950. The molecule has 0 spiro atoms. The number of nitrogens with zero attached hydrogens (tertiary/aromatic N) is 2. The summed E-state index contributed by atoms with van der Waals surface area (Å²) in [5.41, 5.74) is 5.70. The summed E-state index contributed by atoms with van der Waals surface area (Å²) >= 11 is 0. The van der Waals surface area contributed by atoms with Gasteiger partial charge in [-0.2, -0.15) is 10.2 Å². The van der Waals surface area contributed by atoms with Gasteiger partial charge in [-0.3, -0.25) is 9.89 Å². The Labute approximate surface area is 168 Å². The highest BCUT2D eigenvalue weighted by atomic mass is 16.5. The Morgan fingerprint density at radius 1 is 1.10 bits per heavy atom. The van der Waals surface area contributed by atoms with Gasteiger partial charge in [-0.1, -0.05) is 6.92 Å². The SMILES string of the molecule is CC/C(=N\NC(=O)c1cc(-c2ccc(OC)c(OC)c2)n[nH]1)c1ccc(O)cc1. The van der Waals surface area contributed by atoms with Gasteiger partial charge in [0.15, 0.2) is 11.5 Å². The molecule has 0 unspecified atom stereocenters. The fourth-order valence-electron chi connectivity index (χ4n) is 2.76.